The quantitative estimate of drug-likeness (QED) is 0.781. The molecule has 1 aromatic heterocycles. The topological polar surface area (TPSA) is 62.7 Å². The highest BCUT2D eigenvalue weighted by Gasteiger charge is 2.14. The third-order valence-corrected chi connectivity index (χ3v) is 2.70. The second kappa shape index (κ2) is 7.31. The highest BCUT2D eigenvalue weighted by atomic mass is 35.5. The van der Waals surface area contributed by atoms with E-state index < -0.39 is 5.97 Å². The first-order valence-electron chi connectivity index (χ1n) is 6.08. The first kappa shape index (κ1) is 15.7. The fourth-order valence-electron chi connectivity index (χ4n) is 1.71. The standard InChI is InChI=1S/C13H19ClN2O3/c1-9(2)8-16(4-5-19-3)12-7-10(13(17)18)6-11(14)15-12/h6-7,9H,4-5,8H2,1-3H3,(H,17,18). The first-order valence-corrected chi connectivity index (χ1v) is 6.46. The van der Waals surface area contributed by atoms with Gasteiger partial charge in [-0.1, -0.05) is 25.4 Å². The van der Waals surface area contributed by atoms with Crippen molar-refractivity contribution < 1.29 is 14.6 Å². The largest absolute Gasteiger partial charge is 0.478 e. The molecule has 0 bridgehead atoms. The molecule has 0 aliphatic carbocycles. The Balaban J connectivity index is 3.02. The summed E-state index contributed by atoms with van der Waals surface area (Å²) < 4.78 is 5.06. The Hall–Kier alpha value is -1.33. The van der Waals surface area contributed by atoms with E-state index in [4.69, 9.17) is 21.4 Å². The molecule has 0 aliphatic heterocycles. The van der Waals surface area contributed by atoms with Gasteiger partial charge >= 0.3 is 5.97 Å². The molecule has 1 N–H and O–H groups in total. The minimum atomic E-state index is -1.01. The first-order chi connectivity index (χ1) is 8.93. The van der Waals surface area contributed by atoms with E-state index in [1.165, 1.54) is 12.1 Å². The fourth-order valence-corrected chi connectivity index (χ4v) is 1.91. The third kappa shape index (κ3) is 5.04. The molecule has 0 saturated carbocycles. The van der Waals surface area contributed by atoms with E-state index in [1.807, 2.05) is 4.90 Å². The van der Waals surface area contributed by atoms with Crippen LogP contribution in [-0.4, -0.2) is 42.9 Å². The molecule has 0 fully saturated rings. The Morgan fingerprint density at radius 2 is 2.21 bits per heavy atom. The van der Waals surface area contributed by atoms with Gasteiger partial charge in [0.25, 0.3) is 0 Å². The zero-order valence-corrected chi connectivity index (χ0v) is 12.1. The lowest BCUT2D eigenvalue weighted by Crippen LogP contribution is -2.31. The number of aromatic carboxylic acids is 1. The summed E-state index contributed by atoms with van der Waals surface area (Å²) in [4.78, 5) is 17.2. The van der Waals surface area contributed by atoms with Gasteiger partial charge in [0.05, 0.1) is 12.2 Å². The molecule has 0 amide bonds. The van der Waals surface area contributed by atoms with Crippen LogP contribution in [-0.2, 0) is 4.74 Å². The van der Waals surface area contributed by atoms with Gasteiger partial charge in [0, 0.05) is 20.2 Å². The molecule has 1 rings (SSSR count). The predicted octanol–water partition coefficient (Wildman–Crippen LogP) is 2.54. The van der Waals surface area contributed by atoms with Gasteiger partial charge in [-0.3, -0.25) is 0 Å². The molecule has 1 aromatic rings. The van der Waals surface area contributed by atoms with Crippen LogP contribution < -0.4 is 4.90 Å². The molecular formula is C13H19ClN2O3. The maximum Gasteiger partial charge on any atom is 0.335 e. The van der Waals surface area contributed by atoms with E-state index in [2.05, 4.69) is 18.8 Å². The molecule has 0 spiro atoms. The number of halogens is 1. The number of carboxylic acids is 1. The third-order valence-electron chi connectivity index (χ3n) is 2.50. The van der Waals surface area contributed by atoms with E-state index in [1.54, 1.807) is 7.11 Å². The maximum absolute atomic E-state index is 11.0. The van der Waals surface area contributed by atoms with Crippen LogP contribution in [0.1, 0.15) is 24.2 Å². The molecule has 0 saturated heterocycles. The molecule has 0 unspecified atom stereocenters. The Labute approximate surface area is 118 Å². The van der Waals surface area contributed by atoms with Crippen LogP contribution in [0.25, 0.3) is 0 Å². The molecule has 106 valence electrons. The monoisotopic (exact) mass is 286 g/mol. The summed E-state index contributed by atoms with van der Waals surface area (Å²) in [6.07, 6.45) is 0. The van der Waals surface area contributed by atoms with Gasteiger partial charge in [0.1, 0.15) is 11.0 Å². The lowest BCUT2D eigenvalue weighted by molar-refractivity contribution is 0.0697. The summed E-state index contributed by atoms with van der Waals surface area (Å²) in [6, 6.07) is 2.88. The number of nitrogens with zero attached hydrogens (tertiary/aromatic N) is 2. The van der Waals surface area contributed by atoms with Gasteiger partial charge in [0.2, 0.25) is 0 Å². The summed E-state index contributed by atoms with van der Waals surface area (Å²) in [6.45, 7) is 6.12. The molecule has 6 heteroatoms. The van der Waals surface area contributed by atoms with Gasteiger partial charge in [-0.15, -0.1) is 0 Å². The molecular weight excluding hydrogens is 268 g/mol. The van der Waals surface area contributed by atoms with Crippen molar-refractivity contribution in [3.63, 3.8) is 0 Å². The number of pyridine rings is 1. The van der Waals surface area contributed by atoms with Gasteiger partial charge in [-0.05, 0) is 18.1 Å². The van der Waals surface area contributed by atoms with E-state index in [-0.39, 0.29) is 10.7 Å². The van der Waals surface area contributed by atoms with Crippen LogP contribution in [0.2, 0.25) is 5.15 Å². The van der Waals surface area contributed by atoms with E-state index >= 15 is 0 Å². The molecule has 5 nitrogen and oxygen atoms in total. The summed E-state index contributed by atoms with van der Waals surface area (Å²) in [5.74, 6) is -0.0247. The summed E-state index contributed by atoms with van der Waals surface area (Å²) in [7, 11) is 1.63. The van der Waals surface area contributed by atoms with Crippen LogP contribution in [0.5, 0.6) is 0 Å². The second-order valence-electron chi connectivity index (χ2n) is 4.67. The second-order valence-corrected chi connectivity index (χ2v) is 5.06. The number of methoxy groups -OCH3 is 1. The van der Waals surface area contributed by atoms with Crippen molar-refractivity contribution >= 4 is 23.4 Å². The van der Waals surface area contributed by atoms with Crippen LogP contribution >= 0.6 is 11.6 Å². The Morgan fingerprint density at radius 3 is 2.74 bits per heavy atom. The zero-order chi connectivity index (χ0) is 14.4. The van der Waals surface area contributed by atoms with Gasteiger partial charge in [0.15, 0.2) is 0 Å². The van der Waals surface area contributed by atoms with Crippen LogP contribution in [0.4, 0.5) is 5.82 Å². The maximum atomic E-state index is 11.0. The predicted molar refractivity (Wildman–Crippen MR) is 75.1 cm³/mol. The van der Waals surface area contributed by atoms with Gasteiger partial charge in [-0.25, -0.2) is 9.78 Å². The summed E-state index contributed by atoms with van der Waals surface area (Å²) in [5, 5.41) is 9.23. The summed E-state index contributed by atoms with van der Waals surface area (Å²) >= 11 is 5.88. The lowest BCUT2D eigenvalue weighted by atomic mass is 10.2. The number of aromatic nitrogens is 1. The SMILES string of the molecule is COCCN(CC(C)C)c1cc(C(=O)O)cc(Cl)n1. The van der Waals surface area contributed by atoms with E-state index in [9.17, 15) is 4.79 Å². The average molecular weight is 287 g/mol. The Bertz CT molecular complexity index is 438. The van der Waals surface area contributed by atoms with E-state index in [0.29, 0.717) is 24.9 Å². The normalized spacial score (nSPS) is 10.8. The van der Waals surface area contributed by atoms with Crippen LogP contribution in [0.15, 0.2) is 12.1 Å². The van der Waals surface area contributed by atoms with Crippen LogP contribution in [0, 0.1) is 5.92 Å². The molecule has 1 heterocycles. The number of carboxylic acid groups (broad SMARTS) is 1. The number of carbonyl (C=O) groups is 1. The van der Waals surface area contributed by atoms with Crippen molar-refractivity contribution in [2.75, 3.05) is 31.7 Å². The van der Waals surface area contributed by atoms with Crippen molar-refractivity contribution in [1.29, 1.82) is 0 Å². The highest BCUT2D eigenvalue weighted by Crippen LogP contribution is 2.19. The van der Waals surface area contributed by atoms with Crippen molar-refractivity contribution in [2.45, 2.75) is 13.8 Å². The Kier molecular flexibility index (Phi) is 6.05. The highest BCUT2D eigenvalue weighted by molar-refractivity contribution is 6.29. The molecule has 19 heavy (non-hydrogen) atoms. The fraction of sp³-hybridized carbons (Fsp3) is 0.538. The minimum absolute atomic E-state index is 0.140. The van der Waals surface area contributed by atoms with E-state index in [0.717, 1.165) is 6.54 Å². The zero-order valence-electron chi connectivity index (χ0n) is 11.4. The van der Waals surface area contributed by atoms with Crippen LogP contribution in [0.3, 0.4) is 0 Å². The van der Waals surface area contributed by atoms with Gasteiger partial charge in [-0.2, -0.15) is 0 Å². The molecule has 0 aromatic carbocycles. The van der Waals surface area contributed by atoms with Crippen molar-refractivity contribution in [1.82, 2.24) is 4.98 Å². The molecule has 0 aliphatic rings. The van der Waals surface area contributed by atoms with Gasteiger partial charge < -0.3 is 14.7 Å². The number of hydrogen-bond acceptors (Lipinski definition) is 4. The number of hydrogen-bond donors (Lipinski definition) is 1. The number of anilines is 1. The molecule has 0 atom stereocenters. The minimum Gasteiger partial charge on any atom is -0.478 e. The number of ether oxygens (including phenoxy) is 1. The van der Waals surface area contributed by atoms with Crippen molar-refractivity contribution in [3.8, 4) is 0 Å². The lowest BCUT2D eigenvalue weighted by Gasteiger charge is -2.25. The number of rotatable bonds is 7. The van der Waals surface area contributed by atoms with Crippen molar-refractivity contribution in [3.05, 3.63) is 22.8 Å². The smallest absolute Gasteiger partial charge is 0.335 e. The molecule has 0 radical (unpaired) electrons. The average Bonchev–Trinajstić information content (AvgIpc) is 2.33. The Morgan fingerprint density at radius 1 is 1.53 bits per heavy atom. The van der Waals surface area contributed by atoms with Crippen molar-refractivity contribution in [2.24, 2.45) is 5.92 Å². The summed E-state index contributed by atoms with van der Waals surface area (Å²) in [5.41, 5.74) is 0.140.